The van der Waals surface area contributed by atoms with Gasteiger partial charge >= 0.3 is 0 Å². The quantitative estimate of drug-likeness (QED) is 0.720. The van der Waals surface area contributed by atoms with Crippen LogP contribution < -0.4 is 20.1 Å². The van der Waals surface area contributed by atoms with Crippen molar-refractivity contribution in [2.45, 2.75) is 32.7 Å². The van der Waals surface area contributed by atoms with Crippen molar-refractivity contribution >= 4 is 34.7 Å². The van der Waals surface area contributed by atoms with Crippen LogP contribution in [0.3, 0.4) is 0 Å². The summed E-state index contributed by atoms with van der Waals surface area (Å²) in [7, 11) is 0. The monoisotopic (exact) mass is 445 g/mol. The number of likely N-dealkylation sites (tertiary alicyclic amines) is 1. The smallest absolute Gasteiger partial charge is 0.286 e. The average molecular weight is 446 g/mol. The number of carbonyl (C=O) groups is 3. The van der Waals surface area contributed by atoms with Crippen LogP contribution in [0.25, 0.3) is 0 Å². The van der Waals surface area contributed by atoms with Crippen molar-refractivity contribution in [3.05, 3.63) is 28.2 Å². The molecule has 1 fully saturated rings. The van der Waals surface area contributed by atoms with E-state index >= 15 is 0 Å². The largest absolute Gasteiger partial charge is 0.454 e. The predicted molar refractivity (Wildman–Crippen MR) is 112 cm³/mol. The second kappa shape index (κ2) is 8.88. The Kier molecular flexibility index (Phi) is 6.03. The molecule has 0 unspecified atom stereocenters. The van der Waals surface area contributed by atoms with Gasteiger partial charge in [0.25, 0.3) is 11.8 Å². The summed E-state index contributed by atoms with van der Waals surface area (Å²) < 4.78 is 10.5. The Balaban J connectivity index is 1.39. The molecule has 1 saturated heterocycles. The highest BCUT2D eigenvalue weighted by Gasteiger charge is 2.31. The molecule has 0 aliphatic carbocycles. The number of carbonyl (C=O) groups excluding carboxylic acids is 3. The fourth-order valence-corrected chi connectivity index (χ4v) is 4.18. The molecule has 0 saturated carbocycles. The lowest BCUT2D eigenvalue weighted by Gasteiger charge is -2.31. The Bertz CT molecular complexity index is 1010. The molecular formula is C20H23N5O5S. The minimum absolute atomic E-state index is 0.0476. The standard InChI is InChI=1S/C20H23N5O5S/c1-11(2)21-16(26)12-4-3-7-25(9-12)20(28)19-24-23-18(31-19)17(27)22-13-5-6-14-15(8-13)30-10-29-14/h5-6,8,11-12H,3-4,7,9-10H2,1-2H3,(H,21,26)(H,22,27)/t12-/m1/s1. The molecule has 164 valence electrons. The number of benzene rings is 1. The van der Waals surface area contributed by atoms with Crippen LogP contribution >= 0.6 is 11.3 Å². The fourth-order valence-electron chi connectivity index (χ4n) is 3.47. The van der Waals surface area contributed by atoms with Crippen molar-refractivity contribution in [1.29, 1.82) is 0 Å². The van der Waals surface area contributed by atoms with Gasteiger partial charge in [0.1, 0.15) is 0 Å². The second-order valence-electron chi connectivity index (χ2n) is 7.69. The van der Waals surface area contributed by atoms with Crippen molar-refractivity contribution in [1.82, 2.24) is 20.4 Å². The third-order valence-corrected chi connectivity index (χ3v) is 5.85. The SMILES string of the molecule is CC(C)NC(=O)[C@@H]1CCCN(C(=O)c2nnc(C(=O)Nc3ccc4c(c3)OCO4)s2)C1. The Hall–Kier alpha value is -3.21. The van der Waals surface area contributed by atoms with E-state index in [0.29, 0.717) is 30.3 Å². The summed E-state index contributed by atoms with van der Waals surface area (Å²) in [6.45, 7) is 4.82. The van der Waals surface area contributed by atoms with Gasteiger partial charge < -0.3 is 25.0 Å². The normalized spacial score (nSPS) is 17.5. The van der Waals surface area contributed by atoms with Crippen LogP contribution in [0.15, 0.2) is 18.2 Å². The van der Waals surface area contributed by atoms with Crippen LogP contribution in [0, 0.1) is 5.92 Å². The van der Waals surface area contributed by atoms with E-state index in [9.17, 15) is 14.4 Å². The molecule has 11 heteroatoms. The van der Waals surface area contributed by atoms with E-state index in [1.807, 2.05) is 13.8 Å². The highest BCUT2D eigenvalue weighted by molar-refractivity contribution is 7.15. The molecule has 0 spiro atoms. The topological polar surface area (TPSA) is 123 Å². The summed E-state index contributed by atoms with van der Waals surface area (Å²) >= 11 is 0.926. The third kappa shape index (κ3) is 4.76. The third-order valence-electron chi connectivity index (χ3n) is 4.94. The minimum Gasteiger partial charge on any atom is -0.454 e. The molecule has 2 aliphatic heterocycles. The number of aromatic nitrogens is 2. The summed E-state index contributed by atoms with van der Waals surface area (Å²) in [5, 5.41) is 13.6. The van der Waals surface area contributed by atoms with Gasteiger partial charge in [-0.3, -0.25) is 14.4 Å². The maximum atomic E-state index is 12.9. The van der Waals surface area contributed by atoms with Gasteiger partial charge in [0.15, 0.2) is 11.5 Å². The average Bonchev–Trinajstić information content (AvgIpc) is 3.42. The van der Waals surface area contributed by atoms with E-state index in [1.165, 1.54) is 0 Å². The number of nitrogens with one attached hydrogen (secondary N) is 2. The molecule has 0 radical (unpaired) electrons. The van der Waals surface area contributed by atoms with Crippen molar-refractivity contribution in [2.75, 3.05) is 25.2 Å². The molecule has 0 bridgehead atoms. The van der Waals surface area contributed by atoms with Crippen LogP contribution in [0.5, 0.6) is 11.5 Å². The number of ether oxygens (including phenoxy) is 2. The Morgan fingerprint density at radius 2 is 1.94 bits per heavy atom. The van der Waals surface area contributed by atoms with Crippen LogP contribution in [-0.4, -0.2) is 58.7 Å². The highest BCUT2D eigenvalue weighted by Crippen LogP contribution is 2.34. The summed E-state index contributed by atoms with van der Waals surface area (Å²) in [5.41, 5.74) is 0.521. The first-order chi connectivity index (χ1) is 14.9. The molecule has 4 rings (SSSR count). The summed E-state index contributed by atoms with van der Waals surface area (Å²) in [6, 6.07) is 5.10. The summed E-state index contributed by atoms with van der Waals surface area (Å²) in [5.74, 6) is 0.0797. The van der Waals surface area contributed by atoms with Crippen molar-refractivity contribution in [3.8, 4) is 11.5 Å². The van der Waals surface area contributed by atoms with Crippen LogP contribution in [0.1, 0.15) is 46.3 Å². The maximum Gasteiger partial charge on any atom is 0.286 e. The Labute approximate surface area is 182 Å². The maximum absolute atomic E-state index is 12.9. The molecule has 3 heterocycles. The first kappa shape index (κ1) is 21.0. The number of anilines is 1. The number of nitrogens with zero attached hydrogens (tertiary/aromatic N) is 3. The van der Waals surface area contributed by atoms with Crippen LogP contribution in [-0.2, 0) is 4.79 Å². The Morgan fingerprint density at radius 3 is 2.74 bits per heavy atom. The number of amides is 3. The molecule has 10 nitrogen and oxygen atoms in total. The van der Waals surface area contributed by atoms with E-state index in [0.717, 1.165) is 24.2 Å². The number of fused-ring (bicyclic) bond motifs is 1. The van der Waals surface area contributed by atoms with Gasteiger partial charge in [-0.15, -0.1) is 10.2 Å². The fraction of sp³-hybridized carbons (Fsp3) is 0.450. The van der Waals surface area contributed by atoms with Gasteiger partial charge in [0, 0.05) is 30.9 Å². The van der Waals surface area contributed by atoms with Crippen LogP contribution in [0.4, 0.5) is 5.69 Å². The van der Waals surface area contributed by atoms with Gasteiger partial charge in [-0.2, -0.15) is 0 Å². The molecule has 1 aromatic heterocycles. The number of hydrogen-bond donors (Lipinski definition) is 2. The molecule has 1 atom stereocenters. The van der Waals surface area contributed by atoms with E-state index in [4.69, 9.17) is 9.47 Å². The van der Waals surface area contributed by atoms with Crippen molar-refractivity contribution in [2.24, 2.45) is 5.92 Å². The highest BCUT2D eigenvalue weighted by atomic mass is 32.1. The van der Waals surface area contributed by atoms with E-state index < -0.39 is 5.91 Å². The zero-order valence-corrected chi connectivity index (χ0v) is 18.0. The molecule has 2 N–H and O–H groups in total. The lowest BCUT2D eigenvalue weighted by atomic mass is 9.97. The Morgan fingerprint density at radius 1 is 1.16 bits per heavy atom. The number of hydrogen-bond acceptors (Lipinski definition) is 8. The molecule has 3 amide bonds. The van der Waals surface area contributed by atoms with E-state index in [-0.39, 0.29) is 40.6 Å². The summed E-state index contributed by atoms with van der Waals surface area (Å²) in [4.78, 5) is 39.3. The zero-order chi connectivity index (χ0) is 22.0. The van der Waals surface area contributed by atoms with Crippen molar-refractivity contribution in [3.63, 3.8) is 0 Å². The first-order valence-corrected chi connectivity index (χ1v) is 10.9. The van der Waals surface area contributed by atoms with Gasteiger partial charge in [-0.05, 0) is 38.8 Å². The zero-order valence-electron chi connectivity index (χ0n) is 17.2. The molecule has 1 aromatic carbocycles. The molecule has 31 heavy (non-hydrogen) atoms. The van der Waals surface area contributed by atoms with Gasteiger partial charge in [0.2, 0.25) is 22.7 Å². The molecular weight excluding hydrogens is 422 g/mol. The number of piperidine rings is 1. The number of rotatable bonds is 5. The van der Waals surface area contributed by atoms with Gasteiger partial charge in [-0.25, -0.2) is 0 Å². The predicted octanol–water partition coefficient (Wildman–Crippen LogP) is 1.90. The van der Waals surface area contributed by atoms with E-state index in [2.05, 4.69) is 20.8 Å². The van der Waals surface area contributed by atoms with Gasteiger partial charge in [0.05, 0.1) is 5.92 Å². The minimum atomic E-state index is -0.469. The van der Waals surface area contributed by atoms with Gasteiger partial charge in [-0.1, -0.05) is 11.3 Å². The molecule has 2 aromatic rings. The first-order valence-electron chi connectivity index (χ1n) is 10.0. The second-order valence-corrected chi connectivity index (χ2v) is 8.67. The molecule has 2 aliphatic rings. The summed E-state index contributed by atoms with van der Waals surface area (Å²) in [6.07, 6.45) is 1.47. The van der Waals surface area contributed by atoms with E-state index in [1.54, 1.807) is 23.1 Å². The lowest BCUT2D eigenvalue weighted by molar-refractivity contribution is -0.126. The van der Waals surface area contributed by atoms with Crippen molar-refractivity contribution < 1.29 is 23.9 Å². The lowest BCUT2D eigenvalue weighted by Crippen LogP contribution is -2.46. The van der Waals surface area contributed by atoms with Crippen LogP contribution in [0.2, 0.25) is 0 Å².